The number of nitro groups is 1. The van der Waals surface area contributed by atoms with Crippen molar-refractivity contribution >= 4 is 17.6 Å². The molecule has 7 nitrogen and oxygen atoms in total. The van der Waals surface area contributed by atoms with E-state index in [2.05, 4.69) is 15.6 Å². The lowest BCUT2D eigenvalue weighted by atomic mass is 10.1. The molecule has 4 rings (SSSR count). The zero-order valence-corrected chi connectivity index (χ0v) is 15.6. The topological polar surface area (TPSA) is 85.4 Å². The number of hydrogen-bond donors (Lipinski definition) is 1. The van der Waals surface area contributed by atoms with Crippen molar-refractivity contribution < 1.29 is 9.31 Å². The lowest BCUT2D eigenvalue weighted by Gasteiger charge is -2.01. The standard InChI is InChI=1S/C22H16FN5O2/c23-18-8-6-16(7-9-18)22-17(15-27(26-22)20-4-2-1-3-5-20)14-24-25-19-10-12-21(13-11-19)28(29)30/h1-15,25H. The van der Waals surface area contributed by atoms with Crippen molar-refractivity contribution in [3.05, 3.63) is 107 Å². The monoisotopic (exact) mass is 401 g/mol. The molecule has 0 unspecified atom stereocenters. The molecule has 1 N–H and O–H groups in total. The molecular weight excluding hydrogens is 385 g/mol. The predicted octanol–water partition coefficient (Wildman–Crippen LogP) is 5.03. The molecule has 0 saturated carbocycles. The van der Waals surface area contributed by atoms with E-state index in [1.165, 1.54) is 24.3 Å². The van der Waals surface area contributed by atoms with Gasteiger partial charge < -0.3 is 0 Å². The maximum absolute atomic E-state index is 13.3. The Kier molecular flexibility index (Phi) is 5.29. The summed E-state index contributed by atoms with van der Waals surface area (Å²) in [4.78, 5) is 10.3. The van der Waals surface area contributed by atoms with Crippen LogP contribution in [0.15, 0.2) is 90.2 Å². The second-order valence-corrected chi connectivity index (χ2v) is 6.39. The van der Waals surface area contributed by atoms with Gasteiger partial charge in [0.2, 0.25) is 0 Å². The van der Waals surface area contributed by atoms with Crippen LogP contribution in [0, 0.1) is 15.9 Å². The largest absolute Gasteiger partial charge is 0.278 e. The molecule has 0 spiro atoms. The van der Waals surface area contributed by atoms with Crippen LogP contribution in [0.4, 0.5) is 15.8 Å². The van der Waals surface area contributed by atoms with Gasteiger partial charge in [-0.15, -0.1) is 0 Å². The van der Waals surface area contributed by atoms with Crippen LogP contribution in [0.25, 0.3) is 16.9 Å². The van der Waals surface area contributed by atoms with E-state index in [0.29, 0.717) is 11.4 Å². The number of para-hydroxylation sites is 1. The third-order valence-electron chi connectivity index (χ3n) is 4.36. The zero-order valence-electron chi connectivity index (χ0n) is 15.6. The van der Waals surface area contributed by atoms with Crippen LogP contribution in [0.2, 0.25) is 0 Å². The number of hydrazone groups is 1. The molecule has 0 aliphatic heterocycles. The molecular formula is C22H16FN5O2. The molecule has 0 fully saturated rings. The van der Waals surface area contributed by atoms with Crippen molar-refractivity contribution in [2.45, 2.75) is 0 Å². The summed E-state index contributed by atoms with van der Waals surface area (Å²) >= 11 is 0. The number of anilines is 1. The number of nitrogens with one attached hydrogen (secondary N) is 1. The molecule has 0 saturated heterocycles. The van der Waals surface area contributed by atoms with Gasteiger partial charge in [0.15, 0.2) is 0 Å². The predicted molar refractivity (Wildman–Crippen MR) is 113 cm³/mol. The van der Waals surface area contributed by atoms with E-state index in [1.807, 2.05) is 36.5 Å². The summed E-state index contributed by atoms with van der Waals surface area (Å²) in [6, 6.07) is 21.6. The Morgan fingerprint density at radius 2 is 1.70 bits per heavy atom. The number of non-ortho nitro benzene ring substituents is 1. The number of benzene rings is 3. The van der Waals surface area contributed by atoms with E-state index < -0.39 is 4.92 Å². The number of hydrogen-bond acceptors (Lipinski definition) is 5. The highest BCUT2D eigenvalue weighted by Crippen LogP contribution is 2.23. The second-order valence-electron chi connectivity index (χ2n) is 6.39. The summed E-state index contributed by atoms with van der Waals surface area (Å²) in [5.74, 6) is -0.323. The van der Waals surface area contributed by atoms with Crippen LogP contribution < -0.4 is 5.43 Å². The molecule has 1 heterocycles. The highest BCUT2D eigenvalue weighted by Gasteiger charge is 2.11. The fourth-order valence-electron chi connectivity index (χ4n) is 2.86. The van der Waals surface area contributed by atoms with Crippen LogP contribution in [-0.2, 0) is 0 Å². The van der Waals surface area contributed by atoms with Crippen LogP contribution in [0.3, 0.4) is 0 Å². The summed E-state index contributed by atoms with van der Waals surface area (Å²) in [5.41, 5.74) is 6.46. The number of nitro benzene ring substituents is 1. The maximum atomic E-state index is 13.3. The SMILES string of the molecule is O=[N+]([O-])c1ccc(NN=Cc2cn(-c3ccccc3)nc2-c2ccc(F)cc2)cc1. The number of halogens is 1. The minimum atomic E-state index is -0.458. The van der Waals surface area contributed by atoms with Crippen molar-refractivity contribution in [1.29, 1.82) is 0 Å². The highest BCUT2D eigenvalue weighted by atomic mass is 19.1. The summed E-state index contributed by atoms with van der Waals surface area (Å²) in [5, 5.41) is 19.6. The van der Waals surface area contributed by atoms with E-state index in [0.717, 1.165) is 16.8 Å². The first-order chi connectivity index (χ1) is 14.6. The first kappa shape index (κ1) is 19.0. The van der Waals surface area contributed by atoms with Gasteiger partial charge in [-0.25, -0.2) is 9.07 Å². The third-order valence-corrected chi connectivity index (χ3v) is 4.36. The van der Waals surface area contributed by atoms with Crippen molar-refractivity contribution in [3.8, 4) is 16.9 Å². The molecule has 3 aromatic carbocycles. The Bertz CT molecular complexity index is 1190. The average Bonchev–Trinajstić information content (AvgIpc) is 3.19. The normalized spacial score (nSPS) is 11.0. The number of aromatic nitrogens is 2. The molecule has 0 atom stereocenters. The fourth-order valence-corrected chi connectivity index (χ4v) is 2.86. The van der Waals surface area contributed by atoms with Gasteiger partial charge in [-0.1, -0.05) is 18.2 Å². The lowest BCUT2D eigenvalue weighted by Crippen LogP contribution is -1.94. The van der Waals surface area contributed by atoms with E-state index in [4.69, 9.17) is 0 Å². The van der Waals surface area contributed by atoms with Crippen molar-refractivity contribution in [1.82, 2.24) is 9.78 Å². The number of rotatable bonds is 6. The smallest absolute Gasteiger partial charge is 0.269 e. The summed E-state index contributed by atoms with van der Waals surface area (Å²) in [6.45, 7) is 0. The van der Waals surface area contributed by atoms with Gasteiger partial charge in [-0.3, -0.25) is 15.5 Å². The van der Waals surface area contributed by atoms with Crippen molar-refractivity contribution in [2.24, 2.45) is 5.10 Å². The Labute approximate surface area is 171 Å². The van der Waals surface area contributed by atoms with Gasteiger partial charge in [0.1, 0.15) is 11.5 Å². The van der Waals surface area contributed by atoms with Gasteiger partial charge in [0.25, 0.3) is 5.69 Å². The number of nitrogens with zero attached hydrogens (tertiary/aromatic N) is 4. The first-order valence-corrected chi connectivity index (χ1v) is 9.05. The molecule has 0 bridgehead atoms. The molecule has 0 radical (unpaired) electrons. The molecule has 0 amide bonds. The Balaban J connectivity index is 1.63. The molecule has 0 aliphatic carbocycles. The van der Waals surface area contributed by atoms with Crippen LogP contribution in [0.5, 0.6) is 0 Å². The fraction of sp³-hybridized carbons (Fsp3) is 0. The minimum Gasteiger partial charge on any atom is -0.278 e. The van der Waals surface area contributed by atoms with Gasteiger partial charge in [0.05, 0.1) is 22.5 Å². The quantitative estimate of drug-likeness (QED) is 0.279. The molecule has 4 aromatic rings. The average molecular weight is 401 g/mol. The maximum Gasteiger partial charge on any atom is 0.269 e. The zero-order chi connectivity index (χ0) is 20.9. The van der Waals surface area contributed by atoms with Crippen molar-refractivity contribution in [2.75, 3.05) is 5.43 Å². The molecule has 0 aliphatic rings. The molecule has 30 heavy (non-hydrogen) atoms. The lowest BCUT2D eigenvalue weighted by molar-refractivity contribution is -0.384. The molecule has 8 heteroatoms. The van der Waals surface area contributed by atoms with Crippen LogP contribution >= 0.6 is 0 Å². The van der Waals surface area contributed by atoms with E-state index in [9.17, 15) is 14.5 Å². The van der Waals surface area contributed by atoms with E-state index >= 15 is 0 Å². The first-order valence-electron chi connectivity index (χ1n) is 9.05. The summed E-state index contributed by atoms with van der Waals surface area (Å²) in [7, 11) is 0. The van der Waals surface area contributed by atoms with Crippen LogP contribution in [-0.4, -0.2) is 20.9 Å². The summed E-state index contributed by atoms with van der Waals surface area (Å²) in [6.07, 6.45) is 3.43. The highest BCUT2D eigenvalue weighted by molar-refractivity contribution is 5.89. The van der Waals surface area contributed by atoms with Crippen molar-refractivity contribution in [3.63, 3.8) is 0 Å². The minimum absolute atomic E-state index is 0.00673. The second kappa shape index (κ2) is 8.36. The molecule has 148 valence electrons. The van der Waals surface area contributed by atoms with E-state index in [-0.39, 0.29) is 11.5 Å². The van der Waals surface area contributed by atoms with Gasteiger partial charge >= 0.3 is 0 Å². The van der Waals surface area contributed by atoms with Gasteiger partial charge in [-0.05, 0) is 48.5 Å². The summed E-state index contributed by atoms with van der Waals surface area (Å²) < 4.78 is 15.1. The Morgan fingerprint density at radius 3 is 2.37 bits per heavy atom. The van der Waals surface area contributed by atoms with E-state index in [1.54, 1.807) is 35.2 Å². The Hall–Kier alpha value is -4.33. The Morgan fingerprint density at radius 1 is 1.00 bits per heavy atom. The third kappa shape index (κ3) is 4.22. The van der Waals surface area contributed by atoms with Crippen LogP contribution in [0.1, 0.15) is 5.56 Å². The molecule has 1 aromatic heterocycles. The van der Waals surface area contributed by atoms with Gasteiger partial charge in [0, 0.05) is 29.5 Å². The van der Waals surface area contributed by atoms with Gasteiger partial charge in [-0.2, -0.15) is 10.2 Å².